The minimum Gasteiger partial charge on any atom is -0.325 e. The van der Waals surface area contributed by atoms with Crippen LogP contribution in [0.25, 0.3) is 0 Å². The van der Waals surface area contributed by atoms with Gasteiger partial charge < -0.3 is 5.32 Å². The summed E-state index contributed by atoms with van der Waals surface area (Å²) in [5.41, 5.74) is 0.830. The van der Waals surface area contributed by atoms with E-state index in [4.69, 9.17) is 5.26 Å². The van der Waals surface area contributed by atoms with Crippen molar-refractivity contribution in [3.05, 3.63) is 29.8 Å². The zero-order valence-corrected chi connectivity index (χ0v) is 12.4. The van der Waals surface area contributed by atoms with Crippen molar-refractivity contribution in [1.82, 2.24) is 0 Å². The number of nitrogens with one attached hydrogen (secondary N) is 1. The Hall–Kier alpha value is -1.87. The van der Waals surface area contributed by atoms with Crippen molar-refractivity contribution in [1.29, 1.82) is 5.26 Å². The summed E-state index contributed by atoms with van der Waals surface area (Å²) < 4.78 is 23.9. The number of amides is 1. The molecule has 0 spiro atoms. The van der Waals surface area contributed by atoms with Gasteiger partial charge >= 0.3 is 0 Å². The number of sulfone groups is 1. The highest BCUT2D eigenvalue weighted by molar-refractivity contribution is 7.92. The minimum absolute atomic E-state index is 0.0102. The lowest BCUT2D eigenvalue weighted by atomic mass is 10.2. The Balaban J connectivity index is 2.78. The highest BCUT2D eigenvalue weighted by atomic mass is 32.2. The lowest BCUT2D eigenvalue weighted by molar-refractivity contribution is -0.115. The number of hydrogen-bond donors (Lipinski definition) is 1. The van der Waals surface area contributed by atoms with Crippen LogP contribution in [0.4, 0.5) is 5.69 Å². The van der Waals surface area contributed by atoms with E-state index in [-0.39, 0.29) is 5.75 Å². The largest absolute Gasteiger partial charge is 0.325 e. The fourth-order valence-corrected chi connectivity index (χ4v) is 3.03. The first-order chi connectivity index (χ1) is 9.40. The molecule has 1 rings (SSSR count). The van der Waals surface area contributed by atoms with Gasteiger partial charge in [-0.2, -0.15) is 5.26 Å². The molecular weight excluding hydrogens is 276 g/mol. The number of nitriles is 1. The van der Waals surface area contributed by atoms with Crippen molar-refractivity contribution in [3.63, 3.8) is 0 Å². The molecule has 20 heavy (non-hydrogen) atoms. The maximum Gasteiger partial charge on any atom is 0.242 e. The molecule has 0 aliphatic carbocycles. The summed E-state index contributed by atoms with van der Waals surface area (Å²) in [4.78, 5) is 11.9. The molecule has 0 bridgehead atoms. The lowest BCUT2D eigenvalue weighted by Gasteiger charge is -2.13. The summed E-state index contributed by atoms with van der Waals surface area (Å²) in [6.45, 7) is 3.28. The molecule has 0 aliphatic rings. The van der Waals surface area contributed by atoms with Crippen LogP contribution in [0.15, 0.2) is 24.3 Å². The molecule has 1 aromatic rings. The Morgan fingerprint density at radius 1 is 1.45 bits per heavy atom. The zero-order chi connectivity index (χ0) is 15.2. The van der Waals surface area contributed by atoms with Gasteiger partial charge in [0.2, 0.25) is 5.91 Å². The molecule has 1 amide bonds. The third kappa shape index (κ3) is 4.35. The first kappa shape index (κ1) is 16.2. The normalized spacial score (nSPS) is 12.4. The number of hydrogen-bond acceptors (Lipinski definition) is 4. The van der Waals surface area contributed by atoms with Crippen LogP contribution in [-0.2, 0) is 14.6 Å². The molecule has 0 aromatic heterocycles. The quantitative estimate of drug-likeness (QED) is 0.870. The standard InChI is InChI=1S/C14H18N2O3S/c1-3-4-8-20(18,19)11(2)14(17)16-13-7-5-6-12(9-13)10-15/h5-7,9,11H,3-4,8H2,1-2H3,(H,16,17). The Kier molecular flexibility index (Phi) is 5.71. The molecule has 108 valence electrons. The number of benzene rings is 1. The summed E-state index contributed by atoms with van der Waals surface area (Å²) in [7, 11) is -3.43. The van der Waals surface area contributed by atoms with E-state index < -0.39 is 21.0 Å². The van der Waals surface area contributed by atoms with E-state index in [1.54, 1.807) is 18.2 Å². The average Bonchev–Trinajstić information content (AvgIpc) is 2.44. The summed E-state index contributed by atoms with van der Waals surface area (Å²) >= 11 is 0. The van der Waals surface area contributed by atoms with E-state index in [1.807, 2.05) is 13.0 Å². The van der Waals surface area contributed by atoms with Crippen molar-refractivity contribution < 1.29 is 13.2 Å². The van der Waals surface area contributed by atoms with Gasteiger partial charge in [-0.05, 0) is 31.5 Å². The number of nitrogens with zero attached hydrogens (tertiary/aromatic N) is 1. The fourth-order valence-electron chi connectivity index (χ4n) is 1.60. The molecule has 0 fully saturated rings. The Bertz CT molecular complexity index is 618. The van der Waals surface area contributed by atoms with Gasteiger partial charge in [-0.15, -0.1) is 0 Å². The van der Waals surface area contributed by atoms with Crippen LogP contribution in [0.5, 0.6) is 0 Å². The second kappa shape index (κ2) is 7.06. The Morgan fingerprint density at radius 3 is 2.75 bits per heavy atom. The SMILES string of the molecule is CCCCS(=O)(=O)C(C)C(=O)Nc1cccc(C#N)c1. The number of rotatable bonds is 6. The molecule has 0 aliphatic heterocycles. The van der Waals surface area contributed by atoms with Crippen molar-refractivity contribution in [3.8, 4) is 6.07 Å². The first-order valence-electron chi connectivity index (χ1n) is 6.43. The van der Waals surface area contributed by atoms with E-state index in [2.05, 4.69) is 5.32 Å². The van der Waals surface area contributed by atoms with Crippen LogP contribution in [0.3, 0.4) is 0 Å². The summed E-state index contributed by atoms with van der Waals surface area (Å²) in [6, 6.07) is 8.31. The minimum atomic E-state index is -3.43. The maximum atomic E-state index is 11.9. The number of unbranched alkanes of at least 4 members (excludes halogenated alkanes) is 1. The van der Waals surface area contributed by atoms with Gasteiger partial charge in [0.1, 0.15) is 5.25 Å². The van der Waals surface area contributed by atoms with Gasteiger partial charge in [0, 0.05) is 5.69 Å². The van der Waals surface area contributed by atoms with Gasteiger partial charge in [0.05, 0.1) is 17.4 Å². The average molecular weight is 294 g/mol. The molecule has 1 N–H and O–H groups in total. The highest BCUT2D eigenvalue weighted by Gasteiger charge is 2.27. The molecule has 0 heterocycles. The predicted octanol–water partition coefficient (Wildman–Crippen LogP) is 2.10. The smallest absolute Gasteiger partial charge is 0.242 e. The van der Waals surface area contributed by atoms with Crippen molar-refractivity contribution in [2.24, 2.45) is 0 Å². The molecule has 1 atom stereocenters. The molecule has 0 saturated carbocycles. The summed E-state index contributed by atoms with van der Waals surface area (Å²) in [5, 5.41) is 10.2. The van der Waals surface area contributed by atoms with Crippen LogP contribution < -0.4 is 5.32 Å². The van der Waals surface area contributed by atoms with Crippen LogP contribution in [0, 0.1) is 11.3 Å². The van der Waals surface area contributed by atoms with Crippen molar-refractivity contribution >= 4 is 21.4 Å². The van der Waals surface area contributed by atoms with Crippen molar-refractivity contribution in [2.75, 3.05) is 11.1 Å². The molecule has 0 saturated heterocycles. The number of carbonyl (C=O) groups excluding carboxylic acids is 1. The maximum absolute atomic E-state index is 11.9. The van der Waals surface area contributed by atoms with E-state index in [0.29, 0.717) is 17.7 Å². The molecule has 1 aromatic carbocycles. The monoisotopic (exact) mass is 294 g/mol. The van der Waals surface area contributed by atoms with Crippen LogP contribution in [-0.4, -0.2) is 25.3 Å². The second-order valence-corrected chi connectivity index (χ2v) is 6.99. The van der Waals surface area contributed by atoms with E-state index in [1.165, 1.54) is 13.0 Å². The van der Waals surface area contributed by atoms with Crippen LogP contribution >= 0.6 is 0 Å². The first-order valence-corrected chi connectivity index (χ1v) is 8.15. The Morgan fingerprint density at radius 2 is 2.15 bits per heavy atom. The predicted molar refractivity (Wildman–Crippen MR) is 77.9 cm³/mol. The Labute approximate surface area is 119 Å². The molecule has 1 unspecified atom stereocenters. The molecule has 5 nitrogen and oxygen atoms in total. The van der Waals surface area contributed by atoms with Gasteiger partial charge in [-0.3, -0.25) is 4.79 Å². The summed E-state index contributed by atoms with van der Waals surface area (Å²) in [6.07, 6.45) is 1.31. The van der Waals surface area contributed by atoms with E-state index in [0.717, 1.165) is 6.42 Å². The third-order valence-corrected chi connectivity index (χ3v) is 5.10. The van der Waals surface area contributed by atoms with Gasteiger partial charge in [-0.25, -0.2) is 8.42 Å². The highest BCUT2D eigenvalue weighted by Crippen LogP contribution is 2.13. The van der Waals surface area contributed by atoms with E-state index >= 15 is 0 Å². The van der Waals surface area contributed by atoms with Gasteiger partial charge in [0.25, 0.3) is 0 Å². The van der Waals surface area contributed by atoms with Crippen molar-refractivity contribution in [2.45, 2.75) is 31.9 Å². The van der Waals surface area contributed by atoms with Crippen LogP contribution in [0.2, 0.25) is 0 Å². The number of anilines is 1. The van der Waals surface area contributed by atoms with Gasteiger partial charge in [-0.1, -0.05) is 19.4 Å². The lowest BCUT2D eigenvalue weighted by Crippen LogP contribution is -2.34. The third-order valence-electron chi connectivity index (χ3n) is 2.95. The zero-order valence-electron chi connectivity index (χ0n) is 11.6. The fraction of sp³-hybridized carbons (Fsp3) is 0.429. The van der Waals surface area contributed by atoms with Crippen LogP contribution in [0.1, 0.15) is 32.3 Å². The molecule has 6 heteroatoms. The number of carbonyl (C=O) groups is 1. The topological polar surface area (TPSA) is 87.0 Å². The van der Waals surface area contributed by atoms with Gasteiger partial charge in [0.15, 0.2) is 9.84 Å². The summed E-state index contributed by atoms with van der Waals surface area (Å²) in [5.74, 6) is -0.563. The second-order valence-electron chi connectivity index (χ2n) is 4.54. The van der Waals surface area contributed by atoms with E-state index in [9.17, 15) is 13.2 Å². The molecule has 0 radical (unpaired) electrons. The molecular formula is C14H18N2O3S.